The third kappa shape index (κ3) is 4.53. The van der Waals surface area contributed by atoms with Crippen LogP contribution in [0.4, 0.5) is 5.13 Å². The predicted octanol–water partition coefficient (Wildman–Crippen LogP) is 4.34. The molecule has 0 atom stereocenters. The predicted molar refractivity (Wildman–Crippen MR) is 129 cm³/mol. The second-order valence-electron chi connectivity index (χ2n) is 8.39. The second-order valence-corrected chi connectivity index (χ2v) is 9.33. The van der Waals surface area contributed by atoms with E-state index in [2.05, 4.69) is 53.5 Å². The normalized spacial score (nSPS) is 14.7. The minimum atomic E-state index is 0.0826. The highest BCUT2D eigenvalue weighted by molar-refractivity contribution is 7.20. The van der Waals surface area contributed by atoms with E-state index < -0.39 is 0 Å². The number of amides is 1. The number of piperidine rings is 1. The summed E-state index contributed by atoms with van der Waals surface area (Å²) < 4.78 is 1.87. The molecule has 4 aromatic rings. The number of aromatic nitrogens is 3. The highest BCUT2D eigenvalue weighted by Crippen LogP contribution is 2.29. The van der Waals surface area contributed by atoms with E-state index in [1.165, 1.54) is 11.1 Å². The van der Waals surface area contributed by atoms with Crippen LogP contribution in [0, 0.1) is 12.8 Å². The van der Waals surface area contributed by atoms with Crippen molar-refractivity contribution in [2.75, 3.05) is 24.5 Å². The van der Waals surface area contributed by atoms with Crippen LogP contribution >= 0.6 is 11.3 Å². The zero-order chi connectivity index (χ0) is 21.9. The van der Waals surface area contributed by atoms with Gasteiger partial charge in [-0.1, -0.05) is 71.5 Å². The number of carbonyl (C=O) groups is 1. The average Bonchev–Trinajstić information content (AvgIpc) is 3.40. The lowest BCUT2D eigenvalue weighted by Gasteiger charge is -2.30. The van der Waals surface area contributed by atoms with Crippen LogP contribution in [-0.4, -0.2) is 40.1 Å². The van der Waals surface area contributed by atoms with Crippen molar-refractivity contribution >= 4 is 27.3 Å². The lowest BCUT2D eigenvalue weighted by molar-refractivity contribution is -0.125. The van der Waals surface area contributed by atoms with Crippen LogP contribution in [0.1, 0.15) is 24.0 Å². The molecule has 3 heterocycles. The molecule has 1 aliphatic heterocycles. The number of nitrogens with one attached hydrogen (secondary N) is 1. The number of carbonyl (C=O) groups excluding carboxylic acids is 1. The van der Waals surface area contributed by atoms with Crippen LogP contribution in [-0.2, 0) is 11.2 Å². The van der Waals surface area contributed by atoms with Crippen molar-refractivity contribution in [2.24, 2.45) is 5.92 Å². The first kappa shape index (κ1) is 20.7. The van der Waals surface area contributed by atoms with E-state index in [1.54, 1.807) is 11.3 Å². The number of aryl methyl sites for hydroxylation is 1. The fourth-order valence-corrected chi connectivity index (χ4v) is 5.07. The third-order valence-electron chi connectivity index (χ3n) is 6.07. The molecule has 1 N–H and O–H groups in total. The summed E-state index contributed by atoms with van der Waals surface area (Å²) in [5, 5.41) is 8.84. The van der Waals surface area contributed by atoms with Crippen LogP contribution in [0.5, 0.6) is 0 Å². The number of hydrogen-bond donors (Lipinski definition) is 1. The summed E-state index contributed by atoms with van der Waals surface area (Å²) in [5.41, 5.74) is 4.54. The minimum Gasteiger partial charge on any atom is -0.356 e. The Hall–Kier alpha value is -3.19. The van der Waals surface area contributed by atoms with Gasteiger partial charge in [-0.25, -0.2) is 9.50 Å². The molecule has 0 radical (unpaired) electrons. The van der Waals surface area contributed by atoms with Crippen molar-refractivity contribution in [2.45, 2.75) is 26.2 Å². The van der Waals surface area contributed by atoms with E-state index in [9.17, 15) is 4.79 Å². The van der Waals surface area contributed by atoms with Gasteiger partial charge in [0.05, 0.1) is 11.9 Å². The molecule has 0 aliphatic carbocycles. The molecule has 1 saturated heterocycles. The van der Waals surface area contributed by atoms with Gasteiger partial charge < -0.3 is 10.2 Å². The Labute approximate surface area is 191 Å². The van der Waals surface area contributed by atoms with Gasteiger partial charge in [-0.2, -0.15) is 0 Å². The molecule has 6 nitrogen and oxygen atoms in total. The molecule has 0 spiro atoms. The maximum atomic E-state index is 12.6. The average molecular weight is 446 g/mol. The highest BCUT2D eigenvalue weighted by atomic mass is 32.1. The minimum absolute atomic E-state index is 0.0826. The molecule has 1 amide bonds. The molecule has 0 saturated carbocycles. The summed E-state index contributed by atoms with van der Waals surface area (Å²) in [7, 11) is 0. The molecule has 1 fully saturated rings. The summed E-state index contributed by atoms with van der Waals surface area (Å²) in [6.45, 7) is 4.47. The van der Waals surface area contributed by atoms with Crippen molar-refractivity contribution in [3.63, 3.8) is 0 Å². The number of fused-ring (bicyclic) bond motifs is 1. The number of hydrogen-bond acceptors (Lipinski definition) is 5. The second kappa shape index (κ2) is 9.12. The lowest BCUT2D eigenvalue weighted by atomic mass is 9.96. The van der Waals surface area contributed by atoms with E-state index in [0.717, 1.165) is 53.7 Å². The van der Waals surface area contributed by atoms with E-state index in [4.69, 9.17) is 10.1 Å². The van der Waals surface area contributed by atoms with Gasteiger partial charge in [-0.05, 0) is 31.7 Å². The molecular weight excluding hydrogens is 418 g/mol. The highest BCUT2D eigenvalue weighted by Gasteiger charge is 2.26. The van der Waals surface area contributed by atoms with Gasteiger partial charge in [-0.15, -0.1) is 5.10 Å². The van der Waals surface area contributed by atoms with Gasteiger partial charge in [-0.3, -0.25) is 4.79 Å². The molecule has 1 aliphatic rings. The van der Waals surface area contributed by atoms with Crippen molar-refractivity contribution in [3.8, 4) is 11.3 Å². The molecule has 7 heteroatoms. The fourth-order valence-electron chi connectivity index (χ4n) is 4.13. The SMILES string of the molecule is Cc1ccc(-c2cn3nc(N4CCC(C(=O)NCCc5ccccc5)CC4)sc3n2)cc1. The number of nitrogens with zero attached hydrogens (tertiary/aromatic N) is 4. The summed E-state index contributed by atoms with van der Waals surface area (Å²) in [6.07, 6.45) is 4.57. The Morgan fingerprint density at radius 1 is 1.09 bits per heavy atom. The Morgan fingerprint density at radius 2 is 1.84 bits per heavy atom. The van der Waals surface area contributed by atoms with E-state index in [1.807, 2.05) is 28.9 Å². The van der Waals surface area contributed by atoms with Crippen LogP contribution in [0.3, 0.4) is 0 Å². The van der Waals surface area contributed by atoms with Crippen LogP contribution in [0.25, 0.3) is 16.2 Å². The summed E-state index contributed by atoms with van der Waals surface area (Å²) in [4.78, 5) is 20.5. The van der Waals surface area contributed by atoms with Crippen LogP contribution in [0.2, 0.25) is 0 Å². The van der Waals surface area contributed by atoms with E-state index in [-0.39, 0.29) is 11.8 Å². The molecule has 0 bridgehead atoms. The Kier molecular flexibility index (Phi) is 5.90. The standard InChI is InChI=1S/C25H27N5OS/c1-18-7-9-20(10-8-18)22-17-30-24(27-22)32-25(28-30)29-15-12-21(13-16-29)23(31)26-14-11-19-5-3-2-4-6-19/h2-10,17,21H,11-16H2,1H3,(H,26,31). The van der Waals surface area contributed by atoms with Crippen molar-refractivity contribution in [1.29, 1.82) is 0 Å². The number of imidazole rings is 1. The summed E-state index contributed by atoms with van der Waals surface area (Å²) in [6, 6.07) is 18.7. The van der Waals surface area contributed by atoms with Crippen molar-refractivity contribution in [3.05, 3.63) is 71.9 Å². The quantitative estimate of drug-likeness (QED) is 0.480. The summed E-state index contributed by atoms with van der Waals surface area (Å²) >= 11 is 1.61. The van der Waals surface area contributed by atoms with Crippen molar-refractivity contribution < 1.29 is 4.79 Å². The third-order valence-corrected chi connectivity index (χ3v) is 7.06. The first-order chi connectivity index (χ1) is 15.7. The zero-order valence-electron chi connectivity index (χ0n) is 18.2. The molecule has 0 unspecified atom stereocenters. The van der Waals surface area contributed by atoms with Gasteiger partial charge >= 0.3 is 0 Å². The van der Waals surface area contributed by atoms with E-state index in [0.29, 0.717) is 6.54 Å². The fraction of sp³-hybridized carbons (Fsp3) is 0.320. The van der Waals surface area contributed by atoms with Gasteiger partial charge in [0, 0.05) is 31.1 Å². The maximum Gasteiger partial charge on any atom is 0.223 e. The molecule has 164 valence electrons. The van der Waals surface area contributed by atoms with Gasteiger partial charge in [0.25, 0.3) is 0 Å². The van der Waals surface area contributed by atoms with Crippen molar-refractivity contribution in [1.82, 2.24) is 19.9 Å². The monoisotopic (exact) mass is 445 g/mol. The van der Waals surface area contributed by atoms with E-state index >= 15 is 0 Å². The lowest BCUT2D eigenvalue weighted by Crippen LogP contribution is -2.41. The molecular formula is C25H27N5OS. The number of rotatable bonds is 6. The summed E-state index contributed by atoms with van der Waals surface area (Å²) in [5.74, 6) is 0.261. The molecule has 2 aromatic heterocycles. The van der Waals surface area contributed by atoms with Crippen LogP contribution in [0.15, 0.2) is 60.8 Å². The van der Waals surface area contributed by atoms with Crippen LogP contribution < -0.4 is 10.2 Å². The smallest absolute Gasteiger partial charge is 0.223 e. The first-order valence-electron chi connectivity index (χ1n) is 11.2. The Morgan fingerprint density at radius 3 is 2.56 bits per heavy atom. The van der Waals surface area contributed by atoms with Gasteiger partial charge in [0.2, 0.25) is 16.0 Å². The number of benzene rings is 2. The number of anilines is 1. The largest absolute Gasteiger partial charge is 0.356 e. The molecule has 5 rings (SSSR count). The van der Waals surface area contributed by atoms with Gasteiger partial charge in [0.15, 0.2) is 0 Å². The van der Waals surface area contributed by atoms with Gasteiger partial charge in [0.1, 0.15) is 0 Å². The maximum absolute atomic E-state index is 12.6. The Bertz CT molecular complexity index is 1160. The first-order valence-corrected chi connectivity index (χ1v) is 12.0. The molecule has 2 aromatic carbocycles. The zero-order valence-corrected chi connectivity index (χ0v) is 19.0. The molecule has 32 heavy (non-hydrogen) atoms. The Balaban J connectivity index is 1.15. The topological polar surface area (TPSA) is 62.5 Å².